The number of aliphatic hydroxyl groups is 1. The third-order valence-electron chi connectivity index (χ3n) is 3.73. The van der Waals surface area contributed by atoms with Crippen molar-refractivity contribution in [2.45, 2.75) is 38.0 Å². The van der Waals surface area contributed by atoms with Crippen molar-refractivity contribution in [1.82, 2.24) is 0 Å². The molecule has 1 aromatic carbocycles. The van der Waals surface area contributed by atoms with Gasteiger partial charge in [-0.3, -0.25) is 0 Å². The maximum absolute atomic E-state index is 14.0. The Morgan fingerprint density at radius 1 is 1.42 bits per heavy atom. The summed E-state index contributed by atoms with van der Waals surface area (Å²) in [5.74, 6) is -0.322. The van der Waals surface area contributed by atoms with Gasteiger partial charge in [0.15, 0.2) is 0 Å². The van der Waals surface area contributed by atoms with Crippen molar-refractivity contribution in [3.05, 3.63) is 52.9 Å². The Labute approximate surface area is 141 Å². The number of nitrogens with one attached hydrogen (secondary N) is 1. The summed E-state index contributed by atoms with van der Waals surface area (Å²) in [6.07, 6.45) is 3.36. The lowest BCUT2D eigenvalue weighted by atomic mass is 9.90. The predicted molar refractivity (Wildman–Crippen MR) is 92.6 cm³/mol. The van der Waals surface area contributed by atoms with Gasteiger partial charge in [-0.05, 0) is 55.7 Å². The lowest BCUT2D eigenvalue weighted by Gasteiger charge is -2.26. The maximum atomic E-state index is 14.0. The summed E-state index contributed by atoms with van der Waals surface area (Å²) in [5.41, 5.74) is 12.2. The van der Waals surface area contributed by atoms with Crippen LogP contribution in [-0.4, -0.2) is 22.9 Å². The van der Waals surface area contributed by atoms with E-state index in [4.69, 9.17) is 11.5 Å². The summed E-state index contributed by atoms with van der Waals surface area (Å²) in [6.45, 7) is 3.64. The highest BCUT2D eigenvalue weighted by Gasteiger charge is 2.24. The zero-order valence-electron chi connectivity index (χ0n) is 13.9. The molecule has 0 amide bonds. The van der Waals surface area contributed by atoms with Crippen LogP contribution in [0.25, 0.3) is 0 Å². The Kier molecular flexibility index (Phi) is 5.09. The molecule has 0 fully saturated rings. The van der Waals surface area contributed by atoms with Gasteiger partial charge in [0.05, 0.1) is 22.5 Å². The first-order valence-electron chi connectivity index (χ1n) is 7.73. The number of rotatable bonds is 5. The van der Waals surface area contributed by atoms with Crippen molar-refractivity contribution in [3.63, 3.8) is 0 Å². The van der Waals surface area contributed by atoms with E-state index in [2.05, 4.69) is 11.4 Å². The molecule has 0 atom stereocenters. The second kappa shape index (κ2) is 6.73. The number of anilines is 1. The molecular formula is C18H23FN4O. The molecule has 5 nitrogen and oxygen atoms in total. The summed E-state index contributed by atoms with van der Waals surface area (Å²) >= 11 is 0. The predicted octanol–water partition coefficient (Wildman–Crippen LogP) is 2.08. The minimum atomic E-state index is -1.04. The number of nitrogens with two attached hydrogens (primary N) is 2. The van der Waals surface area contributed by atoms with E-state index in [9.17, 15) is 14.8 Å². The normalized spacial score (nSPS) is 16.9. The maximum Gasteiger partial charge on any atom is 0.122 e. The van der Waals surface area contributed by atoms with E-state index in [1.165, 1.54) is 12.2 Å². The van der Waals surface area contributed by atoms with Gasteiger partial charge < -0.3 is 21.9 Å². The Morgan fingerprint density at radius 3 is 2.75 bits per heavy atom. The topological polar surface area (TPSA) is 108 Å². The number of hydrogen-bond donors (Lipinski definition) is 4. The number of nitriles is 1. The summed E-state index contributed by atoms with van der Waals surface area (Å²) in [5, 5.41) is 22.1. The van der Waals surface area contributed by atoms with Crippen molar-refractivity contribution in [1.29, 1.82) is 5.26 Å². The van der Waals surface area contributed by atoms with Crippen molar-refractivity contribution in [2.24, 2.45) is 11.5 Å². The van der Waals surface area contributed by atoms with E-state index in [-0.39, 0.29) is 12.2 Å². The van der Waals surface area contributed by atoms with Gasteiger partial charge in [0.25, 0.3) is 0 Å². The van der Waals surface area contributed by atoms with E-state index in [1.54, 1.807) is 32.0 Å². The summed E-state index contributed by atoms with van der Waals surface area (Å²) in [6, 6.07) is 7.35. The van der Waals surface area contributed by atoms with Crippen LogP contribution in [0, 0.1) is 11.3 Å². The molecule has 6 N–H and O–H groups in total. The number of nitrogens with zero attached hydrogens (tertiary/aromatic N) is 1. The molecule has 0 aromatic heterocycles. The van der Waals surface area contributed by atoms with Gasteiger partial charge in [-0.25, -0.2) is 4.39 Å². The Morgan fingerprint density at radius 2 is 2.12 bits per heavy atom. The van der Waals surface area contributed by atoms with E-state index in [0.717, 1.165) is 5.56 Å². The Hall–Kier alpha value is -2.20. The van der Waals surface area contributed by atoms with Gasteiger partial charge in [-0.2, -0.15) is 5.26 Å². The molecule has 0 aliphatic heterocycles. The quantitative estimate of drug-likeness (QED) is 0.618. The fraction of sp³-hybridized carbons (Fsp3) is 0.389. The van der Waals surface area contributed by atoms with Crippen molar-refractivity contribution < 1.29 is 9.50 Å². The van der Waals surface area contributed by atoms with E-state index >= 15 is 0 Å². The SMILES string of the molecule is CC(C)(O)CNc1cc(CC2=C(F)C=CC(N)(N)C2)ccc1C#N. The third kappa shape index (κ3) is 4.90. The lowest BCUT2D eigenvalue weighted by Crippen LogP contribution is -2.48. The number of halogens is 1. The van der Waals surface area contributed by atoms with Crippen LogP contribution in [0.2, 0.25) is 0 Å². The molecule has 128 valence electrons. The second-order valence-electron chi connectivity index (χ2n) is 6.91. The standard InChI is InChI=1S/C18H23FN4O/c1-17(2,24)11-23-16-8-12(3-4-13(16)10-20)7-14-9-18(21,22)6-5-15(14)19/h3-6,8,23-24H,7,9,11,21-22H2,1-2H3. The van der Waals surface area contributed by atoms with Gasteiger partial charge in [0.2, 0.25) is 0 Å². The van der Waals surface area contributed by atoms with Crippen molar-refractivity contribution in [2.75, 3.05) is 11.9 Å². The molecule has 6 heteroatoms. The average molecular weight is 330 g/mol. The minimum Gasteiger partial charge on any atom is -0.389 e. The van der Waals surface area contributed by atoms with Crippen LogP contribution in [0.4, 0.5) is 10.1 Å². The zero-order chi connectivity index (χ0) is 18.0. The first-order chi connectivity index (χ1) is 11.1. The van der Waals surface area contributed by atoms with E-state index < -0.39 is 11.3 Å². The van der Waals surface area contributed by atoms with Crippen LogP contribution in [0.15, 0.2) is 41.8 Å². The van der Waals surface area contributed by atoms with Crippen LogP contribution >= 0.6 is 0 Å². The van der Waals surface area contributed by atoms with Gasteiger partial charge in [-0.1, -0.05) is 6.07 Å². The van der Waals surface area contributed by atoms with E-state index in [1.807, 2.05) is 0 Å². The van der Waals surface area contributed by atoms with Crippen molar-refractivity contribution in [3.8, 4) is 6.07 Å². The fourth-order valence-corrected chi connectivity index (χ4v) is 2.51. The van der Waals surface area contributed by atoms with Crippen LogP contribution in [0.5, 0.6) is 0 Å². The molecule has 0 heterocycles. The first-order valence-corrected chi connectivity index (χ1v) is 7.73. The third-order valence-corrected chi connectivity index (χ3v) is 3.73. The molecule has 0 saturated carbocycles. The highest BCUT2D eigenvalue weighted by molar-refractivity contribution is 5.59. The van der Waals surface area contributed by atoms with E-state index in [0.29, 0.717) is 29.8 Å². The average Bonchev–Trinajstić information content (AvgIpc) is 2.48. The van der Waals surface area contributed by atoms with Crippen LogP contribution < -0.4 is 16.8 Å². The van der Waals surface area contributed by atoms with Gasteiger partial charge in [0, 0.05) is 13.0 Å². The molecule has 1 aliphatic carbocycles. The fourth-order valence-electron chi connectivity index (χ4n) is 2.51. The smallest absolute Gasteiger partial charge is 0.122 e. The Balaban J connectivity index is 2.23. The van der Waals surface area contributed by atoms with Crippen LogP contribution in [-0.2, 0) is 6.42 Å². The highest BCUT2D eigenvalue weighted by Crippen LogP contribution is 2.28. The first kappa shape index (κ1) is 18.1. The molecule has 1 aromatic rings. The zero-order valence-corrected chi connectivity index (χ0v) is 13.9. The van der Waals surface area contributed by atoms with Gasteiger partial charge in [0.1, 0.15) is 11.9 Å². The second-order valence-corrected chi connectivity index (χ2v) is 6.91. The lowest BCUT2D eigenvalue weighted by molar-refractivity contribution is 0.0945. The molecule has 2 rings (SSSR count). The van der Waals surface area contributed by atoms with Crippen molar-refractivity contribution >= 4 is 5.69 Å². The molecule has 0 radical (unpaired) electrons. The number of allylic oxidation sites excluding steroid dienone is 2. The molecule has 1 aliphatic rings. The largest absolute Gasteiger partial charge is 0.389 e. The molecular weight excluding hydrogens is 307 g/mol. The number of hydrogen-bond acceptors (Lipinski definition) is 5. The monoisotopic (exact) mass is 330 g/mol. The molecule has 0 bridgehead atoms. The summed E-state index contributed by atoms with van der Waals surface area (Å²) in [4.78, 5) is 0. The summed E-state index contributed by atoms with van der Waals surface area (Å²) < 4.78 is 14.0. The molecule has 24 heavy (non-hydrogen) atoms. The van der Waals surface area contributed by atoms with Crippen LogP contribution in [0.3, 0.4) is 0 Å². The summed E-state index contributed by atoms with van der Waals surface area (Å²) in [7, 11) is 0. The molecule has 0 saturated heterocycles. The van der Waals surface area contributed by atoms with Gasteiger partial charge >= 0.3 is 0 Å². The number of benzene rings is 1. The molecule has 0 spiro atoms. The molecule has 0 unspecified atom stereocenters. The van der Waals surface area contributed by atoms with Crippen LogP contribution in [0.1, 0.15) is 31.4 Å². The highest BCUT2D eigenvalue weighted by atomic mass is 19.1. The minimum absolute atomic E-state index is 0.238. The Bertz CT molecular complexity index is 724. The van der Waals surface area contributed by atoms with Gasteiger partial charge in [-0.15, -0.1) is 0 Å².